The van der Waals surface area contributed by atoms with Crippen LogP contribution in [0.3, 0.4) is 0 Å². The number of amides is 1. The van der Waals surface area contributed by atoms with E-state index in [0.717, 1.165) is 70.0 Å². The predicted octanol–water partition coefficient (Wildman–Crippen LogP) is 4.10. The van der Waals surface area contributed by atoms with Gasteiger partial charge in [0.15, 0.2) is 22.5 Å². The molecule has 2 aliphatic heterocycles. The van der Waals surface area contributed by atoms with Gasteiger partial charge < -0.3 is 25.8 Å². The molecule has 5 rings (SSSR count). The van der Waals surface area contributed by atoms with Gasteiger partial charge in [0.25, 0.3) is 5.91 Å². The van der Waals surface area contributed by atoms with Crippen molar-refractivity contribution in [1.29, 1.82) is 0 Å². The highest BCUT2D eigenvalue weighted by atomic mass is 35.5. The Bertz CT molecular complexity index is 1360. The number of piperidine rings is 1. The van der Waals surface area contributed by atoms with Crippen LogP contribution in [0.1, 0.15) is 47.8 Å². The number of aliphatic hydroxyl groups is 1. The number of halogens is 1. The number of aliphatic hydroxyl groups excluding tert-OH is 1. The first-order valence-electron chi connectivity index (χ1n) is 15.1. The number of carbonyl (C=O) groups excluding carboxylic acids is 1. The van der Waals surface area contributed by atoms with Crippen LogP contribution in [0.2, 0.25) is 5.15 Å². The SMILES string of the molecule is CC[C@H]1CN(c2nc(N)c(C(=O)NCCO)nc2Cl)CCN1C1CCN(Cc2ccc(Oc3ccc(C)cc3)cc2)CC1. The summed E-state index contributed by atoms with van der Waals surface area (Å²) in [5.41, 5.74) is 8.58. The Morgan fingerprint density at radius 2 is 1.72 bits per heavy atom. The second-order valence-electron chi connectivity index (χ2n) is 11.4. The van der Waals surface area contributed by atoms with E-state index >= 15 is 0 Å². The summed E-state index contributed by atoms with van der Waals surface area (Å²) in [5, 5.41) is 11.7. The first-order chi connectivity index (χ1) is 20.8. The molecule has 43 heavy (non-hydrogen) atoms. The normalized spacial score (nSPS) is 18.5. The molecule has 1 atom stereocenters. The van der Waals surface area contributed by atoms with Crippen molar-refractivity contribution in [3.05, 3.63) is 70.5 Å². The van der Waals surface area contributed by atoms with Gasteiger partial charge in [-0.05, 0) is 69.1 Å². The predicted molar refractivity (Wildman–Crippen MR) is 170 cm³/mol. The number of hydrogen-bond donors (Lipinski definition) is 3. The molecule has 1 aromatic heterocycles. The van der Waals surface area contributed by atoms with Crippen molar-refractivity contribution in [1.82, 2.24) is 25.1 Å². The first-order valence-corrected chi connectivity index (χ1v) is 15.5. The Labute approximate surface area is 258 Å². The third-order valence-electron chi connectivity index (χ3n) is 8.39. The van der Waals surface area contributed by atoms with Gasteiger partial charge in [-0.25, -0.2) is 9.97 Å². The highest BCUT2D eigenvalue weighted by Gasteiger charge is 2.34. The maximum atomic E-state index is 12.3. The molecule has 4 N–H and O–H groups in total. The molecule has 11 heteroatoms. The van der Waals surface area contributed by atoms with E-state index in [1.54, 1.807) is 0 Å². The van der Waals surface area contributed by atoms with Gasteiger partial charge in [-0.1, -0.05) is 48.4 Å². The number of nitrogens with two attached hydrogens (primary N) is 1. The maximum absolute atomic E-state index is 12.3. The molecule has 0 bridgehead atoms. The van der Waals surface area contributed by atoms with Crippen molar-refractivity contribution >= 4 is 29.1 Å². The van der Waals surface area contributed by atoms with Crippen molar-refractivity contribution in [3.8, 4) is 11.5 Å². The summed E-state index contributed by atoms with van der Waals surface area (Å²) in [4.78, 5) is 28.3. The number of carbonyl (C=O) groups is 1. The number of likely N-dealkylation sites (tertiary alicyclic amines) is 1. The monoisotopic (exact) mass is 607 g/mol. The average molecular weight is 608 g/mol. The van der Waals surface area contributed by atoms with Gasteiger partial charge in [0.05, 0.1) is 6.61 Å². The van der Waals surface area contributed by atoms with Crippen LogP contribution in [-0.2, 0) is 6.54 Å². The Kier molecular flexibility index (Phi) is 10.3. The molecule has 10 nitrogen and oxygen atoms in total. The zero-order chi connectivity index (χ0) is 30.3. The molecular weight excluding hydrogens is 566 g/mol. The minimum atomic E-state index is -0.501. The molecule has 0 aliphatic carbocycles. The number of nitrogens with one attached hydrogen (secondary N) is 1. The lowest BCUT2D eigenvalue weighted by molar-refractivity contribution is 0.0610. The van der Waals surface area contributed by atoms with E-state index in [1.165, 1.54) is 11.1 Å². The number of benzene rings is 2. The number of hydrogen-bond acceptors (Lipinski definition) is 9. The molecule has 0 unspecified atom stereocenters. The van der Waals surface area contributed by atoms with Crippen LogP contribution in [0.5, 0.6) is 11.5 Å². The standard InChI is InChI=1S/C32H42ClN7O3/c1-3-24-21-39(31-29(33)36-28(30(34)37-31)32(42)35-14-19-41)17-18-40(24)25-12-15-38(16-13-25)20-23-6-10-27(11-7-23)43-26-8-4-22(2)5-9-26/h4-11,24-25,41H,3,12-21H2,1-2H3,(H2,34,37)(H,35,42)/t24-/m0/s1. The highest BCUT2D eigenvalue weighted by molar-refractivity contribution is 6.32. The van der Waals surface area contributed by atoms with Crippen LogP contribution >= 0.6 is 11.6 Å². The smallest absolute Gasteiger partial charge is 0.273 e. The highest BCUT2D eigenvalue weighted by Crippen LogP contribution is 2.30. The number of aromatic nitrogens is 2. The van der Waals surface area contributed by atoms with Crippen molar-refractivity contribution in [2.24, 2.45) is 0 Å². The van der Waals surface area contributed by atoms with E-state index in [4.69, 9.17) is 27.2 Å². The quantitative estimate of drug-likeness (QED) is 0.313. The fourth-order valence-electron chi connectivity index (χ4n) is 6.02. The number of aryl methyl sites for hydroxylation is 1. The lowest BCUT2D eigenvalue weighted by atomic mass is 9.98. The molecule has 2 aliphatic rings. The molecular formula is C32H42ClN7O3. The van der Waals surface area contributed by atoms with E-state index in [2.05, 4.69) is 80.2 Å². The van der Waals surface area contributed by atoms with E-state index in [-0.39, 0.29) is 29.8 Å². The average Bonchev–Trinajstić information content (AvgIpc) is 3.03. The van der Waals surface area contributed by atoms with Gasteiger partial charge in [0, 0.05) is 44.8 Å². The van der Waals surface area contributed by atoms with Gasteiger partial charge in [0.2, 0.25) is 0 Å². The first kappa shape index (κ1) is 31.0. The zero-order valence-electron chi connectivity index (χ0n) is 25.0. The van der Waals surface area contributed by atoms with Crippen LogP contribution in [0.4, 0.5) is 11.6 Å². The molecule has 0 saturated carbocycles. The van der Waals surface area contributed by atoms with Crippen molar-refractivity contribution in [2.75, 3.05) is 56.5 Å². The Hall–Kier alpha value is -3.44. The summed E-state index contributed by atoms with van der Waals surface area (Å²) in [6.07, 6.45) is 3.28. The summed E-state index contributed by atoms with van der Waals surface area (Å²) in [6.45, 7) is 9.74. The van der Waals surface area contributed by atoms with E-state index in [9.17, 15) is 4.79 Å². The molecule has 2 saturated heterocycles. The Morgan fingerprint density at radius 1 is 1.05 bits per heavy atom. The molecule has 2 aromatic carbocycles. The number of ether oxygens (including phenoxy) is 1. The second kappa shape index (κ2) is 14.4. The Morgan fingerprint density at radius 3 is 2.37 bits per heavy atom. The fraction of sp³-hybridized carbons (Fsp3) is 0.469. The van der Waals surface area contributed by atoms with Crippen LogP contribution in [0, 0.1) is 6.92 Å². The van der Waals surface area contributed by atoms with Crippen molar-refractivity contribution in [3.63, 3.8) is 0 Å². The molecule has 2 fully saturated rings. The topological polar surface area (TPSA) is 120 Å². The lowest BCUT2D eigenvalue weighted by Gasteiger charge is -2.47. The Balaban J connectivity index is 1.12. The summed E-state index contributed by atoms with van der Waals surface area (Å²) >= 11 is 6.50. The summed E-state index contributed by atoms with van der Waals surface area (Å²) < 4.78 is 5.99. The number of nitrogen functional groups attached to an aromatic ring is 1. The molecule has 0 radical (unpaired) electrons. The zero-order valence-corrected chi connectivity index (χ0v) is 25.8. The summed E-state index contributed by atoms with van der Waals surface area (Å²) in [6, 6.07) is 17.4. The molecule has 3 heterocycles. The number of anilines is 2. The van der Waals surface area contributed by atoms with Crippen molar-refractivity contribution < 1.29 is 14.6 Å². The fourth-order valence-corrected chi connectivity index (χ4v) is 6.26. The molecule has 0 spiro atoms. The number of piperazine rings is 1. The van der Waals surface area contributed by atoms with E-state index < -0.39 is 5.91 Å². The van der Waals surface area contributed by atoms with E-state index in [0.29, 0.717) is 17.9 Å². The van der Waals surface area contributed by atoms with Gasteiger partial charge in [-0.3, -0.25) is 14.6 Å². The summed E-state index contributed by atoms with van der Waals surface area (Å²) in [7, 11) is 0. The van der Waals surface area contributed by atoms with E-state index in [1.807, 2.05) is 12.1 Å². The molecule has 3 aromatic rings. The lowest BCUT2D eigenvalue weighted by Crippen LogP contribution is -2.58. The largest absolute Gasteiger partial charge is 0.457 e. The van der Waals surface area contributed by atoms with Crippen LogP contribution in [-0.4, -0.2) is 88.7 Å². The number of nitrogens with zero attached hydrogens (tertiary/aromatic N) is 5. The van der Waals surface area contributed by atoms with Crippen molar-refractivity contribution in [2.45, 2.75) is 51.7 Å². The van der Waals surface area contributed by atoms with Gasteiger partial charge in [-0.2, -0.15) is 0 Å². The second-order valence-corrected chi connectivity index (χ2v) is 11.7. The van der Waals surface area contributed by atoms with Crippen LogP contribution < -0.4 is 20.7 Å². The maximum Gasteiger partial charge on any atom is 0.273 e. The van der Waals surface area contributed by atoms with Crippen LogP contribution in [0.25, 0.3) is 0 Å². The minimum Gasteiger partial charge on any atom is -0.457 e. The third kappa shape index (κ3) is 7.75. The van der Waals surface area contributed by atoms with Gasteiger partial charge in [0.1, 0.15) is 11.5 Å². The molecule has 230 valence electrons. The number of rotatable bonds is 10. The minimum absolute atomic E-state index is 0.0221. The third-order valence-corrected chi connectivity index (χ3v) is 8.64. The summed E-state index contributed by atoms with van der Waals surface area (Å²) in [5.74, 6) is 1.75. The van der Waals surface area contributed by atoms with Crippen LogP contribution in [0.15, 0.2) is 48.5 Å². The van der Waals surface area contributed by atoms with Gasteiger partial charge >= 0.3 is 0 Å². The van der Waals surface area contributed by atoms with Gasteiger partial charge in [-0.15, -0.1) is 0 Å². The molecule has 1 amide bonds.